The Labute approximate surface area is 125 Å². The van der Waals surface area contributed by atoms with E-state index in [1.165, 1.54) is 0 Å². The summed E-state index contributed by atoms with van der Waals surface area (Å²) in [5.41, 5.74) is -0.505. The van der Waals surface area contributed by atoms with Crippen LogP contribution in [0.4, 0.5) is 13.2 Å². The van der Waals surface area contributed by atoms with Crippen molar-refractivity contribution in [1.29, 1.82) is 0 Å². The summed E-state index contributed by atoms with van der Waals surface area (Å²) in [6, 6.07) is 0. The molecule has 0 radical (unpaired) electrons. The molecule has 1 aliphatic carbocycles. The Morgan fingerprint density at radius 3 is 2.68 bits per heavy atom. The Bertz CT molecular complexity index is 550. The highest BCUT2D eigenvalue weighted by molar-refractivity contribution is 5.22. The number of aliphatic hydroxyl groups is 2. The fourth-order valence-electron chi connectivity index (χ4n) is 3.19. The number of fused-ring (bicyclic) bond motifs is 1. The van der Waals surface area contributed by atoms with Gasteiger partial charge >= 0.3 is 6.18 Å². The van der Waals surface area contributed by atoms with Crippen LogP contribution >= 0.6 is 0 Å². The van der Waals surface area contributed by atoms with E-state index in [-0.39, 0.29) is 19.6 Å². The smallest absolute Gasteiger partial charge is 0.388 e. The van der Waals surface area contributed by atoms with Crippen molar-refractivity contribution in [2.24, 2.45) is 0 Å². The number of ether oxygens (including phenoxy) is 1. The number of aryl methyl sites for hydroxylation is 1. The summed E-state index contributed by atoms with van der Waals surface area (Å²) in [6.07, 6.45) is -3.02. The molecular weight excluding hydrogens is 301 g/mol. The van der Waals surface area contributed by atoms with Gasteiger partial charge in [-0.25, -0.2) is 4.98 Å². The minimum atomic E-state index is -4.58. The number of aromatic nitrogens is 2. The molecule has 5 nitrogen and oxygen atoms in total. The van der Waals surface area contributed by atoms with Gasteiger partial charge in [0.15, 0.2) is 0 Å². The zero-order chi connectivity index (χ0) is 16.0. The van der Waals surface area contributed by atoms with Crippen LogP contribution in [0.3, 0.4) is 0 Å². The predicted molar refractivity (Wildman–Crippen MR) is 70.3 cm³/mol. The van der Waals surface area contributed by atoms with E-state index in [9.17, 15) is 23.4 Å². The van der Waals surface area contributed by atoms with E-state index in [4.69, 9.17) is 4.74 Å². The first-order chi connectivity index (χ1) is 10.3. The van der Waals surface area contributed by atoms with Crippen LogP contribution in [-0.2, 0) is 30.3 Å². The molecule has 0 saturated carbocycles. The molecule has 0 spiro atoms. The third kappa shape index (κ3) is 2.75. The molecule has 1 aromatic heterocycles. The summed E-state index contributed by atoms with van der Waals surface area (Å²) in [5, 5.41) is 20.5. The molecule has 2 N–H and O–H groups in total. The number of hydrogen-bond donors (Lipinski definition) is 2. The maximum absolute atomic E-state index is 13.2. The van der Waals surface area contributed by atoms with Crippen molar-refractivity contribution in [2.45, 2.75) is 56.5 Å². The second kappa shape index (κ2) is 5.50. The summed E-state index contributed by atoms with van der Waals surface area (Å²) in [5.74, 6) is -0.985. The molecule has 22 heavy (non-hydrogen) atoms. The minimum Gasteiger partial charge on any atom is -0.388 e. The lowest BCUT2D eigenvalue weighted by atomic mass is 9.95. The van der Waals surface area contributed by atoms with Gasteiger partial charge in [0.1, 0.15) is 11.7 Å². The highest BCUT2D eigenvalue weighted by atomic mass is 19.4. The van der Waals surface area contributed by atoms with Gasteiger partial charge in [-0.1, -0.05) is 0 Å². The van der Waals surface area contributed by atoms with Crippen molar-refractivity contribution in [3.63, 3.8) is 0 Å². The number of alkyl halides is 3. The molecule has 0 aromatic carbocycles. The second-order valence-corrected chi connectivity index (χ2v) is 6.07. The molecule has 0 amide bonds. The largest absolute Gasteiger partial charge is 0.449 e. The van der Waals surface area contributed by atoms with Gasteiger partial charge < -0.3 is 19.5 Å². The molecule has 2 atom stereocenters. The van der Waals surface area contributed by atoms with Crippen LogP contribution in [0.5, 0.6) is 0 Å². The van der Waals surface area contributed by atoms with Gasteiger partial charge in [-0.15, -0.1) is 0 Å². The lowest BCUT2D eigenvalue weighted by Crippen LogP contribution is -2.45. The monoisotopic (exact) mass is 320 g/mol. The highest BCUT2D eigenvalue weighted by Gasteiger charge is 2.43. The summed E-state index contributed by atoms with van der Waals surface area (Å²) in [7, 11) is 0. The third-order valence-electron chi connectivity index (χ3n) is 4.49. The maximum Gasteiger partial charge on any atom is 0.449 e. The fourth-order valence-corrected chi connectivity index (χ4v) is 3.19. The van der Waals surface area contributed by atoms with E-state index in [0.29, 0.717) is 30.8 Å². The van der Waals surface area contributed by atoms with Crippen molar-refractivity contribution in [3.8, 4) is 0 Å². The Hall–Kier alpha value is -1.12. The average Bonchev–Trinajstić information content (AvgIpc) is 3.04. The number of halogens is 3. The molecule has 1 aliphatic heterocycles. The molecule has 2 heterocycles. The molecule has 8 heteroatoms. The Morgan fingerprint density at radius 2 is 2.05 bits per heavy atom. The predicted octanol–water partition coefficient (Wildman–Crippen LogP) is 1.29. The quantitative estimate of drug-likeness (QED) is 0.881. The summed E-state index contributed by atoms with van der Waals surface area (Å²) >= 11 is 0. The molecule has 2 aliphatic rings. The van der Waals surface area contributed by atoms with Gasteiger partial charge in [0.25, 0.3) is 0 Å². The van der Waals surface area contributed by atoms with Crippen LogP contribution in [0.1, 0.15) is 36.5 Å². The van der Waals surface area contributed by atoms with Gasteiger partial charge in [-0.2, -0.15) is 13.2 Å². The van der Waals surface area contributed by atoms with Gasteiger partial charge in [0.2, 0.25) is 5.82 Å². The molecule has 1 fully saturated rings. The number of imidazole rings is 1. The van der Waals surface area contributed by atoms with Crippen molar-refractivity contribution < 1.29 is 28.1 Å². The van der Waals surface area contributed by atoms with Gasteiger partial charge in [-0.05, 0) is 25.7 Å². The standard InChI is InChI=1S/C14H19F3N2O3/c15-14(16,17)12-18-9-3-1-2-4-10(9)19(12)7-11(20)13(21)5-6-22-8-13/h11,20-21H,1-8H2. The summed E-state index contributed by atoms with van der Waals surface area (Å²) in [4.78, 5) is 3.74. The van der Waals surface area contributed by atoms with E-state index in [2.05, 4.69) is 4.98 Å². The van der Waals surface area contributed by atoms with Crippen molar-refractivity contribution in [3.05, 3.63) is 17.2 Å². The van der Waals surface area contributed by atoms with E-state index in [1.54, 1.807) is 0 Å². The molecule has 0 bridgehead atoms. The zero-order valence-electron chi connectivity index (χ0n) is 12.1. The summed E-state index contributed by atoms with van der Waals surface area (Å²) < 4.78 is 45.7. The second-order valence-electron chi connectivity index (χ2n) is 6.07. The zero-order valence-corrected chi connectivity index (χ0v) is 12.1. The van der Waals surface area contributed by atoms with Gasteiger partial charge in [0, 0.05) is 18.7 Å². The first kappa shape index (κ1) is 15.8. The first-order valence-electron chi connectivity index (χ1n) is 7.45. The number of aliphatic hydroxyl groups excluding tert-OH is 1. The third-order valence-corrected chi connectivity index (χ3v) is 4.49. The topological polar surface area (TPSA) is 67.5 Å². The Morgan fingerprint density at radius 1 is 1.32 bits per heavy atom. The van der Waals surface area contributed by atoms with E-state index in [0.717, 1.165) is 17.4 Å². The molecule has 1 saturated heterocycles. The number of hydrogen-bond acceptors (Lipinski definition) is 4. The van der Waals surface area contributed by atoms with Crippen LogP contribution in [0.2, 0.25) is 0 Å². The first-order valence-corrected chi connectivity index (χ1v) is 7.45. The molecule has 124 valence electrons. The van der Waals surface area contributed by atoms with Gasteiger partial charge in [-0.3, -0.25) is 0 Å². The maximum atomic E-state index is 13.2. The highest BCUT2D eigenvalue weighted by Crippen LogP contribution is 2.34. The van der Waals surface area contributed by atoms with Crippen LogP contribution in [0.15, 0.2) is 0 Å². The van der Waals surface area contributed by atoms with E-state index in [1.807, 2.05) is 0 Å². The molecule has 3 rings (SSSR count). The van der Waals surface area contributed by atoms with E-state index >= 15 is 0 Å². The summed E-state index contributed by atoms with van der Waals surface area (Å²) in [6.45, 7) is -0.0921. The van der Waals surface area contributed by atoms with Crippen molar-refractivity contribution in [1.82, 2.24) is 9.55 Å². The Kier molecular flexibility index (Phi) is 3.94. The van der Waals surface area contributed by atoms with E-state index < -0.39 is 23.7 Å². The average molecular weight is 320 g/mol. The van der Waals surface area contributed by atoms with Gasteiger partial charge in [0.05, 0.1) is 18.8 Å². The van der Waals surface area contributed by atoms with Crippen molar-refractivity contribution in [2.75, 3.05) is 13.2 Å². The van der Waals surface area contributed by atoms with Crippen LogP contribution < -0.4 is 0 Å². The van der Waals surface area contributed by atoms with Crippen LogP contribution in [0, 0.1) is 0 Å². The van der Waals surface area contributed by atoms with Crippen LogP contribution in [-0.4, -0.2) is 44.7 Å². The number of rotatable bonds is 3. The molecular formula is C14H19F3N2O3. The SMILES string of the molecule is OC(Cn1c(C(F)(F)F)nc2c1CCCC2)C1(O)CCOC1. The minimum absolute atomic E-state index is 0.0631. The normalized spacial score (nSPS) is 27.0. The number of nitrogens with zero attached hydrogens (tertiary/aromatic N) is 2. The lowest BCUT2D eigenvalue weighted by Gasteiger charge is -2.28. The molecule has 2 unspecified atom stereocenters. The van der Waals surface area contributed by atoms with Crippen LogP contribution in [0.25, 0.3) is 0 Å². The fraction of sp³-hybridized carbons (Fsp3) is 0.786. The lowest BCUT2D eigenvalue weighted by molar-refractivity contribution is -0.149. The van der Waals surface area contributed by atoms with Crippen molar-refractivity contribution >= 4 is 0 Å². The molecule has 1 aromatic rings. The Balaban J connectivity index is 1.93.